The molecule has 1 saturated heterocycles. The summed E-state index contributed by atoms with van der Waals surface area (Å²) < 4.78 is 4.67. The van der Waals surface area contributed by atoms with Crippen LogP contribution >= 0.6 is 0 Å². The fourth-order valence-corrected chi connectivity index (χ4v) is 6.72. The summed E-state index contributed by atoms with van der Waals surface area (Å²) in [6, 6.07) is 14.5. The second-order valence-electron chi connectivity index (χ2n) is 14.0. The van der Waals surface area contributed by atoms with E-state index in [4.69, 9.17) is 0 Å². The van der Waals surface area contributed by atoms with Crippen LogP contribution in [0.4, 0.5) is 4.79 Å². The predicted molar refractivity (Wildman–Crippen MR) is 188 cm³/mol. The van der Waals surface area contributed by atoms with E-state index in [1.165, 1.54) is 7.11 Å². The molecule has 2 heterocycles. The van der Waals surface area contributed by atoms with Crippen molar-refractivity contribution < 1.29 is 23.9 Å². The normalized spacial score (nSPS) is 20.2. The Balaban J connectivity index is 1.18. The van der Waals surface area contributed by atoms with Gasteiger partial charge < -0.3 is 30.6 Å². The van der Waals surface area contributed by atoms with Crippen LogP contribution in [0, 0.1) is 17.8 Å². The van der Waals surface area contributed by atoms with Crippen LogP contribution < -0.4 is 16.0 Å². The molecule has 3 aromatic rings. The zero-order valence-electron chi connectivity index (χ0n) is 29.4. The number of imidazole rings is 1. The number of nitrogens with zero attached hydrogens (tertiary/aromatic N) is 2. The number of ether oxygens (including phenoxy) is 1. The van der Waals surface area contributed by atoms with Crippen LogP contribution in [-0.4, -0.2) is 70.5 Å². The highest BCUT2D eigenvalue weighted by atomic mass is 16.5. The molecular weight excluding hydrogens is 620 g/mol. The lowest BCUT2D eigenvalue weighted by Gasteiger charge is -2.27. The number of nitrogens with one attached hydrogen (secondary N) is 4. The number of hydrogen-bond donors (Lipinski definition) is 4. The number of alkyl carbamates (subject to hydrolysis) is 1. The van der Waals surface area contributed by atoms with Gasteiger partial charge in [0.1, 0.15) is 11.9 Å². The first-order chi connectivity index (χ1) is 23.5. The van der Waals surface area contributed by atoms with E-state index < -0.39 is 12.1 Å². The lowest BCUT2D eigenvalue weighted by Crippen LogP contribution is -2.55. The second-order valence-corrected chi connectivity index (χ2v) is 14.0. The summed E-state index contributed by atoms with van der Waals surface area (Å²) in [6.07, 6.45) is 5.43. The molecule has 2 aliphatic rings. The van der Waals surface area contributed by atoms with E-state index in [0.29, 0.717) is 11.5 Å². The Labute approximate surface area is 289 Å². The largest absolute Gasteiger partial charge is 0.453 e. The van der Waals surface area contributed by atoms with E-state index in [0.717, 1.165) is 66.9 Å². The van der Waals surface area contributed by atoms with Gasteiger partial charge in [-0.1, -0.05) is 71.0 Å². The number of likely N-dealkylation sites (tertiary alicyclic amines) is 1. The molecule has 1 aromatic heterocycles. The molecule has 1 saturated carbocycles. The third-order valence-corrected chi connectivity index (χ3v) is 10.1. The van der Waals surface area contributed by atoms with Crippen LogP contribution in [0.3, 0.4) is 0 Å². The summed E-state index contributed by atoms with van der Waals surface area (Å²) in [7, 11) is 1.26. The molecule has 1 aliphatic heterocycles. The number of hydrogen-bond acceptors (Lipinski definition) is 6. The minimum Gasteiger partial charge on any atom is -0.453 e. The average molecular weight is 671 g/mol. The Kier molecular flexibility index (Phi) is 11.4. The molecule has 11 nitrogen and oxygen atoms in total. The van der Waals surface area contributed by atoms with Crippen molar-refractivity contribution in [3.05, 3.63) is 66.1 Å². The summed E-state index contributed by atoms with van der Waals surface area (Å²) >= 11 is 0. The standard InChI is InChI=1S/C38H50N6O5/c1-22(2)24(5)37(47)44-20-8-11-32(44)34-39-21-31(40-34)27-16-12-25(13-17-27)26-14-18-28(19-15-26)35(45)41-29-9-7-10-30(29)42-36(46)33(23(3)4)43-38(48)49-6/h12-19,21-24,29-30,32-33H,7-11,20H2,1-6H3,(H,39,40)(H,41,45)(H,42,46)(H,43,48)/t24-,29-,30-,32-,33-/m0/s1. The average Bonchev–Trinajstić information content (AvgIpc) is 3.88. The molecule has 4 amide bonds. The van der Waals surface area contributed by atoms with Crippen molar-refractivity contribution in [1.29, 1.82) is 0 Å². The predicted octanol–water partition coefficient (Wildman–Crippen LogP) is 5.85. The van der Waals surface area contributed by atoms with Gasteiger partial charge in [-0.2, -0.15) is 0 Å². The van der Waals surface area contributed by atoms with Crippen molar-refractivity contribution in [1.82, 2.24) is 30.8 Å². The van der Waals surface area contributed by atoms with Gasteiger partial charge in [0.2, 0.25) is 11.8 Å². The van der Waals surface area contributed by atoms with E-state index in [1.807, 2.05) is 80.4 Å². The van der Waals surface area contributed by atoms with E-state index in [1.54, 1.807) is 0 Å². The molecule has 2 aromatic carbocycles. The molecule has 0 radical (unpaired) electrons. The van der Waals surface area contributed by atoms with E-state index >= 15 is 0 Å². The highest BCUT2D eigenvalue weighted by molar-refractivity contribution is 5.95. The highest BCUT2D eigenvalue weighted by Gasteiger charge is 2.35. The Bertz CT molecular complexity index is 1620. The van der Waals surface area contributed by atoms with Crippen molar-refractivity contribution >= 4 is 23.8 Å². The summed E-state index contributed by atoms with van der Waals surface area (Å²) in [6.45, 7) is 10.6. The fourth-order valence-electron chi connectivity index (χ4n) is 6.72. The summed E-state index contributed by atoms with van der Waals surface area (Å²) in [5.41, 5.74) is 4.45. The number of benzene rings is 2. The van der Waals surface area contributed by atoms with Crippen LogP contribution in [0.2, 0.25) is 0 Å². The minimum absolute atomic E-state index is 0.0212. The SMILES string of the molecule is COC(=O)N[C@H](C(=O)N[C@H]1CCC[C@@H]1NC(=O)c1ccc(-c2ccc(-c3cnc([C@@H]4CCCN4C(=O)[C@@H](C)C(C)C)[nH]3)cc2)cc1)C(C)C. The monoisotopic (exact) mass is 670 g/mol. The first-order valence-corrected chi connectivity index (χ1v) is 17.5. The van der Waals surface area contributed by atoms with Gasteiger partial charge in [-0.25, -0.2) is 9.78 Å². The lowest BCUT2D eigenvalue weighted by atomic mass is 9.96. The van der Waals surface area contributed by atoms with Crippen LogP contribution in [0.15, 0.2) is 54.7 Å². The van der Waals surface area contributed by atoms with E-state index in [9.17, 15) is 19.2 Å². The van der Waals surface area contributed by atoms with Gasteiger partial charge in [-0.15, -0.1) is 0 Å². The van der Waals surface area contributed by atoms with Gasteiger partial charge >= 0.3 is 6.09 Å². The van der Waals surface area contributed by atoms with Crippen LogP contribution in [-0.2, 0) is 14.3 Å². The van der Waals surface area contributed by atoms with Crippen LogP contribution in [0.1, 0.15) is 88.9 Å². The molecule has 1 aliphatic carbocycles. The number of amides is 4. The maximum atomic E-state index is 13.2. The zero-order valence-corrected chi connectivity index (χ0v) is 29.4. The molecular formula is C38H50N6O5. The number of methoxy groups -OCH3 is 1. The first-order valence-electron chi connectivity index (χ1n) is 17.5. The number of H-pyrrole nitrogens is 1. The molecule has 4 N–H and O–H groups in total. The third-order valence-electron chi connectivity index (χ3n) is 10.1. The Morgan fingerprint density at radius 1 is 0.816 bits per heavy atom. The van der Waals surface area contributed by atoms with E-state index in [2.05, 4.69) is 44.5 Å². The van der Waals surface area contributed by atoms with Crippen LogP contribution in [0.5, 0.6) is 0 Å². The summed E-state index contributed by atoms with van der Waals surface area (Å²) in [5.74, 6) is 0.674. The number of aromatic nitrogens is 2. The van der Waals surface area contributed by atoms with Crippen molar-refractivity contribution in [3.63, 3.8) is 0 Å². The number of carbonyl (C=O) groups excluding carboxylic acids is 4. The molecule has 0 bridgehead atoms. The molecule has 49 heavy (non-hydrogen) atoms. The third kappa shape index (κ3) is 8.32. The first kappa shape index (κ1) is 35.6. The highest BCUT2D eigenvalue weighted by Crippen LogP contribution is 2.34. The summed E-state index contributed by atoms with van der Waals surface area (Å²) in [4.78, 5) is 61.2. The summed E-state index contributed by atoms with van der Waals surface area (Å²) in [5, 5.41) is 8.72. The Morgan fingerprint density at radius 2 is 1.43 bits per heavy atom. The maximum absolute atomic E-state index is 13.2. The quantitative estimate of drug-likeness (QED) is 0.202. The molecule has 11 heteroatoms. The van der Waals surface area contributed by atoms with Crippen LogP contribution in [0.25, 0.3) is 22.4 Å². The van der Waals surface area contributed by atoms with Crippen molar-refractivity contribution in [2.24, 2.45) is 17.8 Å². The molecule has 0 spiro atoms. The number of rotatable bonds is 11. The minimum atomic E-state index is -0.735. The van der Waals surface area contributed by atoms with Gasteiger partial charge in [0.25, 0.3) is 5.91 Å². The van der Waals surface area contributed by atoms with Crippen molar-refractivity contribution in [2.75, 3.05) is 13.7 Å². The van der Waals surface area contributed by atoms with Gasteiger partial charge in [-0.05, 0) is 72.8 Å². The van der Waals surface area contributed by atoms with Gasteiger partial charge in [-0.3, -0.25) is 14.4 Å². The number of aromatic amines is 1. The van der Waals surface area contributed by atoms with Gasteiger partial charge in [0.05, 0.1) is 25.0 Å². The number of carbonyl (C=O) groups is 4. The zero-order chi connectivity index (χ0) is 35.2. The van der Waals surface area contributed by atoms with Gasteiger partial charge in [0.15, 0.2) is 0 Å². The maximum Gasteiger partial charge on any atom is 0.407 e. The van der Waals surface area contributed by atoms with E-state index in [-0.39, 0.29) is 47.7 Å². The second kappa shape index (κ2) is 15.7. The Hall–Kier alpha value is -4.67. The molecule has 5 atom stereocenters. The fraction of sp³-hybridized carbons (Fsp3) is 0.500. The molecule has 0 unspecified atom stereocenters. The molecule has 2 fully saturated rings. The van der Waals surface area contributed by atoms with Crippen molar-refractivity contribution in [2.45, 2.75) is 90.9 Å². The van der Waals surface area contributed by atoms with Gasteiger partial charge in [0, 0.05) is 30.1 Å². The lowest BCUT2D eigenvalue weighted by molar-refractivity contribution is -0.137. The molecule has 262 valence electrons. The topological polar surface area (TPSA) is 146 Å². The Morgan fingerprint density at radius 3 is 2.04 bits per heavy atom. The van der Waals surface area contributed by atoms with Crippen molar-refractivity contribution in [3.8, 4) is 22.4 Å². The molecule has 5 rings (SSSR count). The smallest absolute Gasteiger partial charge is 0.407 e.